The monoisotopic (exact) mass is 378 g/mol. The van der Waals surface area contributed by atoms with Gasteiger partial charge in [-0.2, -0.15) is 0 Å². The summed E-state index contributed by atoms with van der Waals surface area (Å²) >= 11 is 0. The molecule has 1 aliphatic carbocycles. The summed E-state index contributed by atoms with van der Waals surface area (Å²) in [7, 11) is 1.81. The quantitative estimate of drug-likeness (QED) is 0.346. The first-order valence-electron chi connectivity index (χ1n) is 10.8. The molecule has 1 heterocycles. The lowest BCUT2D eigenvalue weighted by Gasteiger charge is -2.21. The van der Waals surface area contributed by atoms with Crippen molar-refractivity contribution in [3.63, 3.8) is 0 Å². The van der Waals surface area contributed by atoms with Crippen molar-refractivity contribution in [3.8, 4) is 0 Å². The maximum Gasteiger partial charge on any atom is 0.191 e. The molecule has 6 nitrogen and oxygen atoms in total. The van der Waals surface area contributed by atoms with Gasteiger partial charge in [0.1, 0.15) is 5.76 Å². The van der Waals surface area contributed by atoms with Crippen LogP contribution < -0.4 is 10.6 Å². The van der Waals surface area contributed by atoms with Gasteiger partial charge in [0.05, 0.1) is 11.8 Å². The molecule has 1 fully saturated rings. The number of nitrogens with zero attached hydrogens (tertiary/aromatic N) is 2. The van der Waals surface area contributed by atoms with E-state index in [1.807, 2.05) is 7.05 Å². The van der Waals surface area contributed by atoms with Crippen molar-refractivity contribution >= 4 is 5.96 Å². The smallest absolute Gasteiger partial charge is 0.191 e. The van der Waals surface area contributed by atoms with Crippen LogP contribution in [-0.4, -0.2) is 37.4 Å². The fourth-order valence-corrected chi connectivity index (χ4v) is 3.62. The Bertz CT molecular complexity index is 529. The molecule has 0 unspecified atom stereocenters. The summed E-state index contributed by atoms with van der Waals surface area (Å²) in [5.74, 6) is 1.80. The van der Waals surface area contributed by atoms with E-state index in [1.54, 1.807) is 0 Å². The molecule has 0 amide bonds. The maximum absolute atomic E-state index is 5.98. The summed E-state index contributed by atoms with van der Waals surface area (Å²) in [6.45, 7) is 6.73. The first-order chi connectivity index (χ1) is 13.3. The van der Waals surface area contributed by atoms with E-state index in [1.165, 1.54) is 44.1 Å². The standard InChI is InChI=1S/C21H38N4O2/c1-4-19-18(20(5-2)27-25-19)16-24-21(22-3)23-14-10-7-11-15-26-17-12-8-6-9-13-17/h17H,4-16H2,1-3H3,(H2,22,23,24). The lowest BCUT2D eigenvalue weighted by molar-refractivity contribution is 0.0264. The van der Waals surface area contributed by atoms with Crippen LogP contribution in [0.2, 0.25) is 0 Å². The predicted octanol–water partition coefficient (Wildman–Crippen LogP) is 3.98. The normalized spacial score (nSPS) is 15.9. The Balaban J connectivity index is 1.57. The van der Waals surface area contributed by atoms with Crippen LogP contribution in [0.5, 0.6) is 0 Å². The molecule has 0 aliphatic heterocycles. The van der Waals surface area contributed by atoms with Crippen molar-refractivity contribution < 1.29 is 9.26 Å². The maximum atomic E-state index is 5.98. The Morgan fingerprint density at radius 3 is 2.63 bits per heavy atom. The molecule has 27 heavy (non-hydrogen) atoms. The van der Waals surface area contributed by atoms with Crippen molar-refractivity contribution in [2.45, 2.75) is 90.7 Å². The minimum absolute atomic E-state index is 0.526. The van der Waals surface area contributed by atoms with Gasteiger partial charge in [-0.25, -0.2) is 0 Å². The molecule has 0 spiro atoms. The van der Waals surface area contributed by atoms with E-state index >= 15 is 0 Å². The van der Waals surface area contributed by atoms with E-state index in [0.717, 1.165) is 56.2 Å². The van der Waals surface area contributed by atoms with Gasteiger partial charge in [-0.15, -0.1) is 0 Å². The number of rotatable bonds is 11. The molecule has 1 aliphatic rings. The average Bonchev–Trinajstić information content (AvgIpc) is 3.12. The van der Waals surface area contributed by atoms with E-state index in [4.69, 9.17) is 9.26 Å². The van der Waals surface area contributed by atoms with Gasteiger partial charge in [-0.1, -0.05) is 38.3 Å². The van der Waals surface area contributed by atoms with E-state index in [2.05, 4.69) is 34.6 Å². The first kappa shape index (κ1) is 21.7. The van der Waals surface area contributed by atoms with Crippen LogP contribution in [0.4, 0.5) is 0 Å². The molecule has 154 valence electrons. The summed E-state index contributed by atoms with van der Waals surface area (Å²) in [6.07, 6.45) is 12.3. The molecule has 1 aromatic heterocycles. The number of hydrogen-bond acceptors (Lipinski definition) is 4. The number of aliphatic imine (C=N–C) groups is 1. The number of hydrogen-bond donors (Lipinski definition) is 2. The third-order valence-electron chi connectivity index (χ3n) is 5.28. The van der Waals surface area contributed by atoms with Gasteiger partial charge in [0.2, 0.25) is 0 Å². The predicted molar refractivity (Wildman–Crippen MR) is 110 cm³/mol. The molecule has 2 rings (SSSR count). The van der Waals surface area contributed by atoms with Crippen molar-refractivity contribution in [2.24, 2.45) is 4.99 Å². The molecule has 6 heteroatoms. The topological polar surface area (TPSA) is 71.7 Å². The zero-order valence-electron chi connectivity index (χ0n) is 17.5. The molecular weight excluding hydrogens is 340 g/mol. The van der Waals surface area contributed by atoms with Crippen LogP contribution >= 0.6 is 0 Å². The SMILES string of the molecule is CCc1noc(CC)c1CNC(=NC)NCCCCCOC1CCCCC1. The van der Waals surface area contributed by atoms with Crippen LogP contribution in [-0.2, 0) is 24.1 Å². The molecular formula is C21H38N4O2. The zero-order chi connectivity index (χ0) is 19.3. The van der Waals surface area contributed by atoms with Crippen molar-refractivity contribution in [1.82, 2.24) is 15.8 Å². The Morgan fingerprint density at radius 1 is 1.11 bits per heavy atom. The largest absolute Gasteiger partial charge is 0.378 e. The molecule has 0 radical (unpaired) electrons. The van der Waals surface area contributed by atoms with Crippen LogP contribution in [0.3, 0.4) is 0 Å². The third-order valence-corrected chi connectivity index (χ3v) is 5.28. The summed E-state index contributed by atoms with van der Waals surface area (Å²) < 4.78 is 11.4. The highest BCUT2D eigenvalue weighted by Crippen LogP contribution is 2.20. The van der Waals surface area contributed by atoms with Gasteiger partial charge >= 0.3 is 0 Å². The van der Waals surface area contributed by atoms with Crippen LogP contribution in [0.25, 0.3) is 0 Å². The van der Waals surface area contributed by atoms with E-state index in [0.29, 0.717) is 12.6 Å². The van der Waals surface area contributed by atoms with Crippen LogP contribution in [0, 0.1) is 0 Å². The van der Waals surface area contributed by atoms with Crippen molar-refractivity contribution in [2.75, 3.05) is 20.2 Å². The molecule has 0 saturated heterocycles. The Hall–Kier alpha value is -1.56. The van der Waals surface area contributed by atoms with Gasteiger partial charge in [-0.3, -0.25) is 4.99 Å². The highest BCUT2D eigenvalue weighted by Gasteiger charge is 2.14. The van der Waals surface area contributed by atoms with Gasteiger partial charge < -0.3 is 19.9 Å². The second kappa shape index (κ2) is 12.8. The second-order valence-corrected chi connectivity index (χ2v) is 7.28. The van der Waals surface area contributed by atoms with E-state index in [-0.39, 0.29) is 0 Å². The lowest BCUT2D eigenvalue weighted by atomic mass is 9.98. The van der Waals surface area contributed by atoms with Gasteiger partial charge in [0.15, 0.2) is 5.96 Å². The molecule has 0 bridgehead atoms. The minimum Gasteiger partial charge on any atom is -0.378 e. The summed E-state index contributed by atoms with van der Waals surface area (Å²) in [5, 5.41) is 10.9. The first-order valence-corrected chi connectivity index (χ1v) is 10.8. The molecule has 0 aromatic carbocycles. The van der Waals surface area contributed by atoms with Crippen LogP contribution in [0.1, 0.15) is 82.2 Å². The summed E-state index contributed by atoms with van der Waals surface area (Å²) in [5.41, 5.74) is 2.20. The Labute approximate surface area is 164 Å². The molecule has 0 atom stereocenters. The van der Waals surface area contributed by atoms with Gasteiger partial charge in [-0.05, 0) is 38.5 Å². The van der Waals surface area contributed by atoms with E-state index in [9.17, 15) is 0 Å². The molecule has 1 saturated carbocycles. The number of unbranched alkanes of at least 4 members (excludes halogenated alkanes) is 2. The Morgan fingerprint density at radius 2 is 1.93 bits per heavy atom. The van der Waals surface area contributed by atoms with Crippen molar-refractivity contribution in [1.29, 1.82) is 0 Å². The fourth-order valence-electron chi connectivity index (χ4n) is 3.62. The van der Waals surface area contributed by atoms with Crippen molar-refractivity contribution in [3.05, 3.63) is 17.0 Å². The highest BCUT2D eigenvalue weighted by molar-refractivity contribution is 5.79. The van der Waals surface area contributed by atoms with Crippen LogP contribution in [0.15, 0.2) is 9.52 Å². The summed E-state index contributed by atoms with van der Waals surface area (Å²) in [6, 6.07) is 0. The minimum atomic E-state index is 0.526. The van der Waals surface area contributed by atoms with E-state index < -0.39 is 0 Å². The lowest BCUT2D eigenvalue weighted by Crippen LogP contribution is -2.37. The number of nitrogens with one attached hydrogen (secondary N) is 2. The molecule has 1 aromatic rings. The Kier molecular flexibility index (Phi) is 10.3. The van der Waals surface area contributed by atoms with Gasteiger partial charge in [0, 0.05) is 38.7 Å². The number of guanidine groups is 1. The number of ether oxygens (including phenoxy) is 1. The zero-order valence-corrected chi connectivity index (χ0v) is 17.5. The fraction of sp³-hybridized carbons (Fsp3) is 0.810. The highest BCUT2D eigenvalue weighted by atomic mass is 16.5. The summed E-state index contributed by atoms with van der Waals surface area (Å²) in [4.78, 5) is 4.31. The second-order valence-electron chi connectivity index (χ2n) is 7.28. The number of aryl methyl sites for hydroxylation is 2. The van der Waals surface area contributed by atoms with Gasteiger partial charge in [0.25, 0.3) is 0 Å². The molecule has 2 N–H and O–H groups in total. The number of aromatic nitrogens is 1. The third kappa shape index (κ3) is 7.53. The average molecular weight is 379 g/mol.